The van der Waals surface area contributed by atoms with Gasteiger partial charge in [0.05, 0.1) is 5.75 Å². The molecule has 116 valence electrons. The van der Waals surface area contributed by atoms with Crippen LogP contribution < -0.4 is 5.43 Å². The van der Waals surface area contributed by atoms with E-state index in [9.17, 15) is 13.2 Å². The lowest BCUT2D eigenvalue weighted by atomic mass is 10.1. The van der Waals surface area contributed by atoms with E-state index in [-0.39, 0.29) is 11.7 Å². The number of rotatable bonds is 4. The second-order valence-corrected chi connectivity index (χ2v) is 7.64. The number of nitrogens with zero attached hydrogens (tertiary/aromatic N) is 2. The minimum atomic E-state index is -3.05. The van der Waals surface area contributed by atoms with E-state index in [2.05, 4.69) is 17.4 Å². The van der Waals surface area contributed by atoms with Gasteiger partial charge in [-0.2, -0.15) is 0 Å². The molecule has 7 heteroatoms. The van der Waals surface area contributed by atoms with Crippen LogP contribution >= 0.6 is 0 Å². The fourth-order valence-electron chi connectivity index (χ4n) is 2.18. The molecular weight excluding hydrogens is 290 g/mol. The smallest absolute Gasteiger partial charge is 0.265 e. The van der Waals surface area contributed by atoms with Gasteiger partial charge in [0.25, 0.3) is 5.91 Å². The van der Waals surface area contributed by atoms with Gasteiger partial charge in [-0.25, -0.2) is 13.4 Å². The lowest BCUT2D eigenvalue weighted by Gasteiger charge is -2.32. The van der Waals surface area contributed by atoms with Crippen LogP contribution in [0.4, 0.5) is 0 Å². The SMILES string of the molecule is CN1CCN(NC(=O)c2ccc(CS(C)(=O)=O)cc2)CC1. The molecule has 1 aliphatic heterocycles. The van der Waals surface area contributed by atoms with Gasteiger partial charge in [-0.15, -0.1) is 0 Å². The Morgan fingerprint density at radius 2 is 1.71 bits per heavy atom. The van der Waals surface area contributed by atoms with Crippen molar-refractivity contribution in [2.75, 3.05) is 39.5 Å². The van der Waals surface area contributed by atoms with Crippen LogP contribution in [-0.2, 0) is 15.6 Å². The molecule has 0 radical (unpaired) electrons. The van der Waals surface area contributed by atoms with Crippen molar-refractivity contribution in [3.05, 3.63) is 35.4 Å². The molecule has 21 heavy (non-hydrogen) atoms. The van der Waals surface area contributed by atoms with E-state index in [1.165, 1.54) is 6.26 Å². The fourth-order valence-corrected chi connectivity index (χ4v) is 2.98. The zero-order chi connectivity index (χ0) is 15.5. The van der Waals surface area contributed by atoms with Crippen LogP contribution in [-0.4, -0.2) is 63.7 Å². The van der Waals surface area contributed by atoms with Crippen molar-refractivity contribution in [2.45, 2.75) is 5.75 Å². The topological polar surface area (TPSA) is 69.7 Å². The van der Waals surface area contributed by atoms with Crippen LogP contribution in [0.25, 0.3) is 0 Å². The zero-order valence-corrected chi connectivity index (χ0v) is 13.2. The summed E-state index contributed by atoms with van der Waals surface area (Å²) in [6.07, 6.45) is 1.20. The molecule has 1 aromatic rings. The molecule has 0 aromatic heterocycles. The average molecular weight is 311 g/mol. The van der Waals surface area contributed by atoms with Gasteiger partial charge in [-0.05, 0) is 24.7 Å². The highest BCUT2D eigenvalue weighted by Gasteiger charge is 2.16. The Balaban J connectivity index is 1.94. The number of nitrogens with one attached hydrogen (secondary N) is 1. The summed E-state index contributed by atoms with van der Waals surface area (Å²) >= 11 is 0. The van der Waals surface area contributed by atoms with Crippen LogP contribution in [0.2, 0.25) is 0 Å². The van der Waals surface area contributed by atoms with Crippen molar-refractivity contribution in [1.29, 1.82) is 0 Å². The normalized spacial score (nSPS) is 17.6. The van der Waals surface area contributed by atoms with Crippen LogP contribution in [0.15, 0.2) is 24.3 Å². The van der Waals surface area contributed by atoms with Gasteiger partial charge in [-0.1, -0.05) is 12.1 Å². The Hall–Kier alpha value is -1.44. The minimum absolute atomic E-state index is 0.00659. The number of hydrazine groups is 1. The summed E-state index contributed by atoms with van der Waals surface area (Å²) in [5, 5.41) is 1.91. The van der Waals surface area contributed by atoms with Gasteiger partial charge >= 0.3 is 0 Å². The zero-order valence-electron chi connectivity index (χ0n) is 12.4. The number of sulfone groups is 1. The third-order valence-corrected chi connectivity index (χ3v) is 4.27. The molecule has 0 unspecified atom stereocenters. The van der Waals surface area contributed by atoms with Gasteiger partial charge in [0.2, 0.25) is 0 Å². The molecular formula is C14H21N3O3S. The predicted octanol–water partition coefficient (Wildman–Crippen LogP) is 0.123. The van der Waals surface area contributed by atoms with E-state index in [1.54, 1.807) is 24.3 Å². The maximum Gasteiger partial charge on any atom is 0.265 e. The molecule has 0 aliphatic carbocycles. The first kappa shape index (κ1) is 15.9. The number of benzene rings is 1. The quantitative estimate of drug-likeness (QED) is 0.855. The van der Waals surface area contributed by atoms with Gasteiger partial charge in [0.1, 0.15) is 0 Å². The van der Waals surface area contributed by atoms with E-state index < -0.39 is 9.84 Å². The maximum absolute atomic E-state index is 12.1. The highest BCUT2D eigenvalue weighted by molar-refractivity contribution is 7.89. The Morgan fingerprint density at radius 1 is 1.14 bits per heavy atom. The third kappa shape index (κ3) is 5.11. The number of likely N-dealkylation sites (N-methyl/N-ethyl adjacent to an activating group) is 1. The van der Waals surface area contributed by atoms with E-state index in [0.29, 0.717) is 11.1 Å². The molecule has 0 atom stereocenters. The summed E-state index contributed by atoms with van der Waals surface area (Å²) in [7, 11) is -0.996. The molecule has 1 heterocycles. The molecule has 1 saturated heterocycles. The monoisotopic (exact) mass is 311 g/mol. The lowest BCUT2D eigenvalue weighted by molar-refractivity contribution is 0.0662. The molecule has 2 rings (SSSR count). The number of hydrogen-bond donors (Lipinski definition) is 1. The molecule has 1 fully saturated rings. The van der Waals surface area contributed by atoms with Gasteiger partial charge in [0.15, 0.2) is 9.84 Å². The molecule has 0 spiro atoms. The first-order valence-electron chi connectivity index (χ1n) is 6.85. The second kappa shape index (κ2) is 6.55. The predicted molar refractivity (Wildman–Crippen MR) is 81.5 cm³/mol. The van der Waals surface area contributed by atoms with Crippen molar-refractivity contribution < 1.29 is 13.2 Å². The van der Waals surface area contributed by atoms with E-state index in [0.717, 1.165) is 26.2 Å². The Bertz CT molecular complexity index is 590. The van der Waals surface area contributed by atoms with Crippen LogP contribution in [0.3, 0.4) is 0 Å². The Kier molecular flexibility index (Phi) is 4.97. The first-order valence-corrected chi connectivity index (χ1v) is 8.91. The first-order chi connectivity index (χ1) is 9.83. The molecule has 0 bridgehead atoms. The van der Waals surface area contributed by atoms with Crippen molar-refractivity contribution in [3.63, 3.8) is 0 Å². The Labute approximate surface area is 125 Å². The number of piperazine rings is 1. The molecule has 1 amide bonds. The largest absolute Gasteiger partial charge is 0.304 e. The van der Waals surface area contributed by atoms with Gasteiger partial charge in [-0.3, -0.25) is 10.2 Å². The highest BCUT2D eigenvalue weighted by Crippen LogP contribution is 2.08. The van der Waals surface area contributed by atoms with E-state index in [4.69, 9.17) is 0 Å². The number of carbonyl (C=O) groups excluding carboxylic acids is 1. The summed E-state index contributed by atoms with van der Waals surface area (Å²) in [4.78, 5) is 14.3. The van der Waals surface area contributed by atoms with Gasteiger partial charge in [0, 0.05) is 38.0 Å². The molecule has 1 aromatic carbocycles. The van der Waals surface area contributed by atoms with Crippen LogP contribution in [0.1, 0.15) is 15.9 Å². The standard InChI is InChI=1S/C14H21N3O3S/c1-16-7-9-17(10-8-16)15-14(18)13-5-3-12(4-6-13)11-21(2,19)20/h3-6H,7-11H2,1-2H3,(H,15,18). The van der Waals surface area contributed by atoms with E-state index >= 15 is 0 Å². The van der Waals surface area contributed by atoms with Crippen molar-refractivity contribution in [3.8, 4) is 0 Å². The summed E-state index contributed by atoms with van der Waals surface area (Å²) in [5.41, 5.74) is 4.09. The lowest BCUT2D eigenvalue weighted by Crippen LogP contribution is -2.52. The average Bonchev–Trinajstić information content (AvgIpc) is 2.40. The summed E-state index contributed by atoms with van der Waals surface area (Å²) in [6.45, 7) is 3.45. The number of carbonyl (C=O) groups is 1. The number of amides is 1. The van der Waals surface area contributed by atoms with Crippen molar-refractivity contribution in [2.24, 2.45) is 0 Å². The second-order valence-electron chi connectivity index (χ2n) is 5.50. The van der Waals surface area contributed by atoms with Gasteiger partial charge < -0.3 is 4.90 Å². The van der Waals surface area contributed by atoms with Crippen LogP contribution in [0, 0.1) is 0 Å². The maximum atomic E-state index is 12.1. The van der Waals surface area contributed by atoms with Crippen molar-refractivity contribution >= 4 is 15.7 Å². The summed E-state index contributed by atoms with van der Waals surface area (Å²) < 4.78 is 22.4. The van der Waals surface area contributed by atoms with Crippen LogP contribution in [0.5, 0.6) is 0 Å². The molecule has 0 saturated carbocycles. The summed E-state index contributed by atoms with van der Waals surface area (Å²) in [6, 6.07) is 6.68. The fraction of sp³-hybridized carbons (Fsp3) is 0.500. The highest BCUT2D eigenvalue weighted by atomic mass is 32.2. The van der Waals surface area contributed by atoms with Crippen molar-refractivity contribution in [1.82, 2.24) is 15.3 Å². The van der Waals surface area contributed by atoms with E-state index in [1.807, 2.05) is 5.01 Å². The number of hydrogen-bond acceptors (Lipinski definition) is 5. The molecule has 6 nitrogen and oxygen atoms in total. The third-order valence-electron chi connectivity index (χ3n) is 3.41. The molecule has 1 N–H and O–H groups in total. The Morgan fingerprint density at radius 3 is 2.24 bits per heavy atom. The summed E-state index contributed by atoms with van der Waals surface area (Å²) in [5.74, 6) is -0.168. The molecule has 1 aliphatic rings. The minimum Gasteiger partial charge on any atom is -0.304 e.